The van der Waals surface area contributed by atoms with Gasteiger partial charge in [0.2, 0.25) is 0 Å². The lowest BCUT2D eigenvalue weighted by molar-refractivity contribution is -0.233. The molecule has 0 spiro atoms. The van der Waals surface area contributed by atoms with Crippen LogP contribution in [0.25, 0.3) is 10.9 Å². The molecule has 21 heavy (non-hydrogen) atoms. The summed E-state index contributed by atoms with van der Waals surface area (Å²) in [6.45, 7) is -0.410. The minimum absolute atomic E-state index is 0.109. The van der Waals surface area contributed by atoms with E-state index >= 15 is 0 Å². The smallest absolute Gasteiger partial charge is 0.365 e. The van der Waals surface area contributed by atoms with E-state index in [4.69, 9.17) is 4.74 Å². The third-order valence-corrected chi connectivity index (χ3v) is 3.52. The molecule has 0 unspecified atom stereocenters. The molecule has 2 heterocycles. The van der Waals surface area contributed by atoms with Crippen molar-refractivity contribution in [2.75, 3.05) is 19.7 Å². The van der Waals surface area contributed by atoms with Crippen LogP contribution in [0.4, 0.5) is 13.2 Å². The number of amides is 1. The summed E-state index contributed by atoms with van der Waals surface area (Å²) in [7, 11) is 0. The van der Waals surface area contributed by atoms with E-state index in [1.807, 2.05) is 6.07 Å². The van der Waals surface area contributed by atoms with Crippen LogP contribution < -0.4 is 0 Å². The predicted octanol–water partition coefficient (Wildman–Crippen LogP) is 2.57. The monoisotopic (exact) mass is 298 g/mol. The maximum Gasteiger partial charge on any atom is 0.416 e. The Labute approximate surface area is 118 Å². The summed E-state index contributed by atoms with van der Waals surface area (Å²) < 4.78 is 42.7. The SMILES string of the molecule is O=C(c1ccc2[nH]ccc2c1)N1CCO[C@@H](C(F)(F)F)C1. The highest BCUT2D eigenvalue weighted by Crippen LogP contribution is 2.26. The second-order valence-corrected chi connectivity index (χ2v) is 4.93. The third-order valence-electron chi connectivity index (χ3n) is 3.52. The standard InChI is InChI=1S/C14H13F3N2O2/c15-14(16,17)12-8-19(5-6-21-12)13(20)10-1-2-11-9(7-10)3-4-18-11/h1-4,7,12,18H,5-6,8H2/t12-/m1/s1. The molecule has 0 bridgehead atoms. The number of rotatable bonds is 1. The summed E-state index contributed by atoms with van der Waals surface area (Å²) in [5, 5.41) is 0.849. The highest BCUT2D eigenvalue weighted by atomic mass is 19.4. The van der Waals surface area contributed by atoms with Crippen molar-refractivity contribution < 1.29 is 22.7 Å². The molecule has 1 aromatic carbocycles. The lowest BCUT2D eigenvalue weighted by atomic mass is 10.1. The number of benzene rings is 1. The Balaban J connectivity index is 1.80. The van der Waals surface area contributed by atoms with E-state index in [1.165, 1.54) is 4.90 Å². The fraction of sp³-hybridized carbons (Fsp3) is 0.357. The summed E-state index contributed by atoms with van der Waals surface area (Å²) >= 11 is 0. The number of aromatic amines is 1. The molecule has 1 atom stereocenters. The number of nitrogens with zero attached hydrogens (tertiary/aromatic N) is 1. The van der Waals surface area contributed by atoms with Gasteiger partial charge in [-0.1, -0.05) is 0 Å². The van der Waals surface area contributed by atoms with E-state index in [1.54, 1.807) is 24.4 Å². The molecule has 2 aromatic rings. The van der Waals surface area contributed by atoms with Gasteiger partial charge in [-0.25, -0.2) is 0 Å². The van der Waals surface area contributed by atoms with Gasteiger partial charge in [-0.3, -0.25) is 4.79 Å². The van der Waals surface area contributed by atoms with Crippen LogP contribution in [0.5, 0.6) is 0 Å². The normalized spacial score (nSPS) is 20.0. The Bertz CT molecular complexity index is 666. The van der Waals surface area contributed by atoms with Crippen molar-refractivity contribution in [3.63, 3.8) is 0 Å². The number of hydrogen-bond donors (Lipinski definition) is 1. The Morgan fingerprint density at radius 1 is 1.33 bits per heavy atom. The maximum atomic E-state index is 12.7. The lowest BCUT2D eigenvalue weighted by Crippen LogP contribution is -2.51. The number of carbonyl (C=O) groups excluding carboxylic acids is 1. The van der Waals surface area contributed by atoms with Crippen LogP contribution in [0, 0.1) is 0 Å². The molecule has 1 aliphatic rings. The number of hydrogen-bond acceptors (Lipinski definition) is 2. The first-order chi connectivity index (χ1) is 9.95. The van der Waals surface area contributed by atoms with Crippen molar-refractivity contribution in [3.05, 3.63) is 36.0 Å². The van der Waals surface area contributed by atoms with Gasteiger partial charge in [0.1, 0.15) is 0 Å². The highest BCUT2D eigenvalue weighted by Gasteiger charge is 2.44. The van der Waals surface area contributed by atoms with E-state index in [0.717, 1.165) is 10.9 Å². The molecule has 0 aliphatic carbocycles. The van der Waals surface area contributed by atoms with Gasteiger partial charge in [0, 0.05) is 29.2 Å². The number of fused-ring (bicyclic) bond motifs is 1. The Kier molecular flexibility index (Phi) is 3.36. The molecule has 112 valence electrons. The minimum atomic E-state index is -4.45. The first-order valence-electron chi connectivity index (χ1n) is 6.50. The summed E-state index contributed by atoms with van der Waals surface area (Å²) in [4.78, 5) is 16.5. The van der Waals surface area contributed by atoms with Crippen molar-refractivity contribution in [1.29, 1.82) is 0 Å². The number of ether oxygens (including phenoxy) is 1. The molecule has 1 aromatic heterocycles. The second kappa shape index (κ2) is 5.07. The van der Waals surface area contributed by atoms with E-state index < -0.39 is 24.7 Å². The van der Waals surface area contributed by atoms with Gasteiger partial charge in [-0.05, 0) is 24.3 Å². The molecule has 0 saturated carbocycles. The average Bonchev–Trinajstić information content (AvgIpc) is 2.93. The van der Waals surface area contributed by atoms with Crippen LogP contribution in [-0.2, 0) is 4.74 Å². The molecule has 0 radical (unpaired) electrons. The quantitative estimate of drug-likeness (QED) is 0.879. The van der Waals surface area contributed by atoms with Crippen molar-refractivity contribution in [2.45, 2.75) is 12.3 Å². The van der Waals surface area contributed by atoms with Crippen molar-refractivity contribution >= 4 is 16.8 Å². The average molecular weight is 298 g/mol. The summed E-state index contributed by atoms with van der Waals surface area (Å²) in [5.74, 6) is -0.407. The van der Waals surface area contributed by atoms with Crippen LogP contribution >= 0.6 is 0 Å². The molecule has 1 saturated heterocycles. The zero-order valence-corrected chi connectivity index (χ0v) is 11.0. The van der Waals surface area contributed by atoms with E-state index in [2.05, 4.69) is 4.98 Å². The molecule has 1 aliphatic heterocycles. The summed E-state index contributed by atoms with van der Waals surface area (Å²) in [5.41, 5.74) is 1.26. The topological polar surface area (TPSA) is 45.3 Å². The lowest BCUT2D eigenvalue weighted by Gasteiger charge is -2.33. The number of nitrogens with one attached hydrogen (secondary N) is 1. The molecule has 1 fully saturated rings. The maximum absolute atomic E-state index is 12.7. The van der Waals surface area contributed by atoms with Gasteiger partial charge in [-0.2, -0.15) is 13.2 Å². The van der Waals surface area contributed by atoms with Gasteiger partial charge in [0.15, 0.2) is 6.10 Å². The number of morpholine rings is 1. The Morgan fingerprint density at radius 2 is 2.14 bits per heavy atom. The van der Waals surface area contributed by atoms with Crippen molar-refractivity contribution in [1.82, 2.24) is 9.88 Å². The number of halogens is 3. The van der Waals surface area contributed by atoms with Gasteiger partial charge in [0.25, 0.3) is 5.91 Å². The van der Waals surface area contributed by atoms with Gasteiger partial charge < -0.3 is 14.6 Å². The number of alkyl halides is 3. The highest BCUT2D eigenvalue weighted by molar-refractivity contribution is 5.98. The van der Waals surface area contributed by atoms with E-state index in [9.17, 15) is 18.0 Å². The number of aromatic nitrogens is 1. The van der Waals surface area contributed by atoms with Crippen LogP contribution in [0.1, 0.15) is 10.4 Å². The first kappa shape index (κ1) is 13.9. The largest absolute Gasteiger partial charge is 0.416 e. The van der Waals surface area contributed by atoms with Gasteiger partial charge >= 0.3 is 6.18 Å². The zero-order chi connectivity index (χ0) is 15.0. The molecule has 1 N–H and O–H groups in total. The van der Waals surface area contributed by atoms with E-state index in [0.29, 0.717) is 5.56 Å². The summed E-state index contributed by atoms with van der Waals surface area (Å²) in [6, 6.07) is 6.83. The molecular weight excluding hydrogens is 285 g/mol. The number of carbonyl (C=O) groups is 1. The molecule has 4 nitrogen and oxygen atoms in total. The molecule has 1 amide bonds. The van der Waals surface area contributed by atoms with Crippen LogP contribution in [-0.4, -0.2) is 47.8 Å². The van der Waals surface area contributed by atoms with Crippen LogP contribution in [0.15, 0.2) is 30.5 Å². The molecule has 7 heteroatoms. The first-order valence-corrected chi connectivity index (χ1v) is 6.50. The fourth-order valence-electron chi connectivity index (χ4n) is 2.40. The molecule has 3 rings (SSSR count). The Morgan fingerprint density at radius 3 is 2.90 bits per heavy atom. The van der Waals surface area contributed by atoms with E-state index in [-0.39, 0.29) is 13.2 Å². The Hall–Kier alpha value is -2.02. The molecular formula is C14H13F3N2O2. The van der Waals surface area contributed by atoms with Crippen molar-refractivity contribution in [3.8, 4) is 0 Å². The van der Waals surface area contributed by atoms with Crippen LogP contribution in [0.2, 0.25) is 0 Å². The third kappa shape index (κ3) is 2.73. The summed E-state index contributed by atoms with van der Waals surface area (Å²) in [6.07, 6.45) is -4.62. The minimum Gasteiger partial charge on any atom is -0.365 e. The second-order valence-electron chi connectivity index (χ2n) is 4.93. The number of H-pyrrole nitrogens is 1. The van der Waals surface area contributed by atoms with Gasteiger partial charge in [0.05, 0.1) is 13.2 Å². The van der Waals surface area contributed by atoms with Crippen LogP contribution in [0.3, 0.4) is 0 Å². The van der Waals surface area contributed by atoms with Gasteiger partial charge in [-0.15, -0.1) is 0 Å². The zero-order valence-electron chi connectivity index (χ0n) is 11.0. The fourth-order valence-corrected chi connectivity index (χ4v) is 2.40. The van der Waals surface area contributed by atoms with Crippen molar-refractivity contribution in [2.24, 2.45) is 0 Å². The predicted molar refractivity (Wildman–Crippen MR) is 70.0 cm³/mol.